The highest BCUT2D eigenvalue weighted by Gasteiger charge is 2.58. The highest BCUT2D eigenvalue weighted by atomic mass is 32.2. The van der Waals surface area contributed by atoms with Gasteiger partial charge in [0.2, 0.25) is 0 Å². The minimum Gasteiger partial charge on any atom is -0.493 e. The van der Waals surface area contributed by atoms with Crippen LogP contribution in [0, 0.1) is 11.3 Å². The number of alkyl halides is 3. The minimum atomic E-state index is -4.07. The van der Waals surface area contributed by atoms with Crippen molar-refractivity contribution in [1.29, 1.82) is 0 Å². The van der Waals surface area contributed by atoms with E-state index in [0.29, 0.717) is 31.8 Å². The van der Waals surface area contributed by atoms with Gasteiger partial charge in [-0.2, -0.15) is 13.2 Å². The molecule has 4 rings (SSSR count). The highest BCUT2D eigenvalue weighted by molar-refractivity contribution is 7.96. The lowest BCUT2D eigenvalue weighted by molar-refractivity contribution is -0.256. The number of hydrogen-bond donors (Lipinski definition) is 0. The van der Waals surface area contributed by atoms with E-state index in [9.17, 15) is 13.2 Å². The fraction of sp³-hybridized carbons (Fsp3) is 0.667. The summed E-state index contributed by atoms with van der Waals surface area (Å²) in [4.78, 5) is 2.02. The molecular formula is C24H33F3N2OS. The van der Waals surface area contributed by atoms with Gasteiger partial charge in [0.1, 0.15) is 5.75 Å². The van der Waals surface area contributed by atoms with Crippen molar-refractivity contribution in [1.82, 2.24) is 9.21 Å². The van der Waals surface area contributed by atoms with E-state index >= 15 is 0 Å². The van der Waals surface area contributed by atoms with E-state index in [4.69, 9.17) is 4.74 Å². The van der Waals surface area contributed by atoms with Crippen LogP contribution in [0.1, 0.15) is 44.1 Å². The van der Waals surface area contributed by atoms with Gasteiger partial charge in [0.05, 0.1) is 12.0 Å². The largest absolute Gasteiger partial charge is 0.493 e. The van der Waals surface area contributed by atoms with Gasteiger partial charge >= 0.3 is 6.18 Å². The van der Waals surface area contributed by atoms with Gasteiger partial charge in [-0.3, -0.25) is 0 Å². The van der Waals surface area contributed by atoms with Crippen LogP contribution in [0.15, 0.2) is 30.3 Å². The van der Waals surface area contributed by atoms with Gasteiger partial charge in [0.25, 0.3) is 0 Å². The van der Waals surface area contributed by atoms with Crippen molar-refractivity contribution in [3.63, 3.8) is 0 Å². The van der Waals surface area contributed by atoms with Gasteiger partial charge in [-0.05, 0) is 80.6 Å². The van der Waals surface area contributed by atoms with E-state index in [1.807, 2.05) is 17.0 Å². The van der Waals surface area contributed by atoms with Crippen LogP contribution in [-0.2, 0) is 0 Å². The summed E-state index contributed by atoms with van der Waals surface area (Å²) in [5, 5.41) is 0. The maximum absolute atomic E-state index is 13.4. The van der Waals surface area contributed by atoms with Crippen LogP contribution in [0.5, 0.6) is 5.75 Å². The second-order valence-corrected chi connectivity index (χ2v) is 10.1. The first kappa shape index (κ1) is 23.0. The zero-order valence-electron chi connectivity index (χ0n) is 18.3. The summed E-state index contributed by atoms with van der Waals surface area (Å²) in [5.74, 6) is 1.29. The Balaban J connectivity index is 1.21. The molecule has 0 unspecified atom stereocenters. The molecule has 2 aliphatic heterocycles. The van der Waals surface area contributed by atoms with E-state index in [0.717, 1.165) is 51.2 Å². The monoisotopic (exact) mass is 454 g/mol. The Morgan fingerprint density at radius 2 is 1.81 bits per heavy atom. The average Bonchev–Trinajstić information content (AvgIpc) is 2.75. The SMILES string of the molecule is CSN1CC=C(c2ccc(OCC3CCN(CC4(C(F)(F)F)CCC4)CC3)cc2)CC1. The van der Waals surface area contributed by atoms with E-state index in [1.165, 1.54) is 11.1 Å². The fourth-order valence-corrected chi connectivity index (χ4v) is 5.43. The number of benzene rings is 1. The third-order valence-corrected chi connectivity index (χ3v) is 8.13. The summed E-state index contributed by atoms with van der Waals surface area (Å²) in [6.07, 6.45) is 4.52. The topological polar surface area (TPSA) is 15.7 Å². The van der Waals surface area contributed by atoms with Gasteiger partial charge in [-0.15, -0.1) is 0 Å². The Kier molecular flexibility index (Phi) is 7.24. The van der Waals surface area contributed by atoms with Crippen molar-refractivity contribution in [2.24, 2.45) is 11.3 Å². The second kappa shape index (κ2) is 9.75. The summed E-state index contributed by atoms with van der Waals surface area (Å²) in [6, 6.07) is 8.34. The first-order chi connectivity index (χ1) is 14.9. The number of piperidine rings is 1. The number of ether oxygens (including phenoxy) is 1. The maximum Gasteiger partial charge on any atom is 0.395 e. The molecule has 1 saturated carbocycles. The zero-order valence-corrected chi connectivity index (χ0v) is 19.1. The molecule has 0 N–H and O–H groups in total. The van der Waals surface area contributed by atoms with Crippen molar-refractivity contribution < 1.29 is 17.9 Å². The number of nitrogens with zero attached hydrogens (tertiary/aromatic N) is 2. The lowest BCUT2D eigenvalue weighted by Crippen LogP contribution is -2.53. The molecule has 172 valence electrons. The van der Waals surface area contributed by atoms with Crippen molar-refractivity contribution in [2.45, 2.75) is 44.7 Å². The first-order valence-electron chi connectivity index (χ1n) is 11.4. The Labute approximate surface area is 188 Å². The molecular weight excluding hydrogens is 421 g/mol. The summed E-state index contributed by atoms with van der Waals surface area (Å²) in [5.41, 5.74) is 1.21. The number of hydrogen-bond acceptors (Lipinski definition) is 4. The molecule has 7 heteroatoms. The normalized spacial score (nSPS) is 23.3. The molecule has 0 bridgehead atoms. The third kappa shape index (κ3) is 5.42. The molecule has 2 heterocycles. The lowest BCUT2D eigenvalue weighted by atomic mass is 9.67. The molecule has 2 fully saturated rings. The number of halogens is 3. The van der Waals surface area contributed by atoms with Crippen LogP contribution in [0.4, 0.5) is 13.2 Å². The molecule has 1 aromatic rings. The molecule has 1 aliphatic carbocycles. The summed E-state index contributed by atoms with van der Waals surface area (Å²) >= 11 is 1.79. The Morgan fingerprint density at radius 1 is 1.10 bits per heavy atom. The van der Waals surface area contributed by atoms with Gasteiger partial charge in [-0.1, -0.05) is 36.6 Å². The van der Waals surface area contributed by atoms with Crippen LogP contribution < -0.4 is 4.74 Å². The van der Waals surface area contributed by atoms with Crippen molar-refractivity contribution in [3.8, 4) is 5.75 Å². The van der Waals surface area contributed by atoms with Crippen molar-refractivity contribution in [2.75, 3.05) is 45.6 Å². The molecule has 0 spiro atoms. The first-order valence-corrected chi connectivity index (χ1v) is 12.6. The molecule has 1 aromatic carbocycles. The van der Waals surface area contributed by atoms with Gasteiger partial charge in [0.15, 0.2) is 0 Å². The lowest BCUT2D eigenvalue weighted by Gasteiger charge is -2.47. The van der Waals surface area contributed by atoms with Crippen molar-refractivity contribution in [3.05, 3.63) is 35.9 Å². The summed E-state index contributed by atoms with van der Waals surface area (Å²) in [6.45, 7) is 4.36. The van der Waals surface area contributed by atoms with E-state index in [2.05, 4.69) is 28.8 Å². The van der Waals surface area contributed by atoms with Gasteiger partial charge in [-0.25, -0.2) is 4.31 Å². The van der Waals surface area contributed by atoms with Crippen LogP contribution in [0.2, 0.25) is 0 Å². The highest BCUT2D eigenvalue weighted by Crippen LogP contribution is 2.53. The van der Waals surface area contributed by atoms with E-state index < -0.39 is 11.6 Å². The van der Waals surface area contributed by atoms with Crippen molar-refractivity contribution >= 4 is 17.5 Å². The molecule has 0 atom stereocenters. The van der Waals surface area contributed by atoms with E-state index in [-0.39, 0.29) is 6.54 Å². The molecule has 0 amide bonds. The Morgan fingerprint density at radius 3 is 2.32 bits per heavy atom. The molecule has 1 saturated heterocycles. The average molecular weight is 455 g/mol. The zero-order chi connectivity index (χ0) is 21.9. The molecule has 31 heavy (non-hydrogen) atoms. The quantitative estimate of drug-likeness (QED) is 0.478. The fourth-order valence-electron chi connectivity index (χ4n) is 4.93. The van der Waals surface area contributed by atoms with E-state index in [1.54, 1.807) is 11.9 Å². The number of likely N-dealkylation sites (tertiary alicyclic amines) is 1. The Hall–Kier alpha value is -1.18. The second-order valence-electron chi connectivity index (χ2n) is 9.24. The molecule has 0 radical (unpaired) electrons. The van der Waals surface area contributed by atoms with Crippen LogP contribution >= 0.6 is 11.9 Å². The standard InChI is InChI=1S/C24H33F3N2OS/c1-31-29-15-9-21(10-16-29)20-3-5-22(6-4-20)30-17-19-7-13-28(14-8-19)18-23(11-2-12-23)24(25,26)27/h3-6,9,19H,2,7-8,10-18H2,1H3. The number of rotatable bonds is 7. The molecule has 0 aromatic heterocycles. The van der Waals surface area contributed by atoms with Gasteiger partial charge in [0, 0.05) is 19.6 Å². The molecule has 3 nitrogen and oxygen atoms in total. The van der Waals surface area contributed by atoms with Crippen LogP contribution in [0.3, 0.4) is 0 Å². The predicted octanol–water partition coefficient (Wildman–Crippen LogP) is 5.88. The smallest absolute Gasteiger partial charge is 0.395 e. The summed E-state index contributed by atoms with van der Waals surface area (Å²) in [7, 11) is 0. The van der Waals surface area contributed by atoms with Crippen LogP contribution in [0.25, 0.3) is 5.57 Å². The summed E-state index contributed by atoms with van der Waals surface area (Å²) < 4.78 is 48.6. The Bertz CT molecular complexity index is 753. The van der Waals surface area contributed by atoms with Gasteiger partial charge < -0.3 is 9.64 Å². The maximum atomic E-state index is 13.4. The minimum absolute atomic E-state index is 0.177. The van der Waals surface area contributed by atoms with Crippen LogP contribution in [-0.4, -0.2) is 61.0 Å². The third-order valence-electron chi connectivity index (χ3n) is 7.29. The molecule has 3 aliphatic rings. The predicted molar refractivity (Wildman–Crippen MR) is 121 cm³/mol.